The molecule has 1 aliphatic carbocycles. The minimum Gasteiger partial charge on any atom is -0.330 e. The fourth-order valence-electron chi connectivity index (χ4n) is 3.70. The van der Waals surface area contributed by atoms with Crippen LogP contribution in [-0.2, 0) is 9.84 Å². The number of rotatable bonds is 4. The van der Waals surface area contributed by atoms with Crippen LogP contribution in [0.15, 0.2) is 0 Å². The van der Waals surface area contributed by atoms with Crippen LogP contribution in [-0.4, -0.2) is 50.0 Å². The first-order valence-electron chi connectivity index (χ1n) is 7.23. The Labute approximate surface area is 111 Å². The van der Waals surface area contributed by atoms with Crippen molar-refractivity contribution in [1.82, 2.24) is 4.90 Å². The van der Waals surface area contributed by atoms with Crippen molar-refractivity contribution in [3.8, 4) is 0 Å². The lowest BCUT2D eigenvalue weighted by atomic mass is 9.83. The average Bonchev–Trinajstić information content (AvgIpc) is 2.71. The summed E-state index contributed by atoms with van der Waals surface area (Å²) in [5.41, 5.74) is 5.89. The third-order valence-electron chi connectivity index (χ3n) is 4.64. The van der Waals surface area contributed by atoms with E-state index in [9.17, 15) is 8.42 Å². The Morgan fingerprint density at radius 1 is 1.22 bits per heavy atom. The normalized spacial score (nSPS) is 36.1. The van der Waals surface area contributed by atoms with E-state index in [2.05, 4.69) is 11.8 Å². The molecular formula is C13H26N2O2S. The molecule has 1 heterocycles. The molecule has 0 radical (unpaired) electrons. The van der Waals surface area contributed by atoms with E-state index in [0.717, 1.165) is 19.5 Å². The van der Waals surface area contributed by atoms with Crippen LogP contribution in [0.1, 0.15) is 39.0 Å². The van der Waals surface area contributed by atoms with E-state index < -0.39 is 9.84 Å². The second-order valence-corrected chi connectivity index (χ2v) is 7.96. The molecule has 2 N–H and O–H groups in total. The van der Waals surface area contributed by atoms with Crippen molar-refractivity contribution in [3.63, 3.8) is 0 Å². The molecule has 106 valence electrons. The SMILES string of the molecule is CCN(C1CCS(=O)(=O)C1)C1CCCCC1CN. The van der Waals surface area contributed by atoms with Gasteiger partial charge in [0.05, 0.1) is 11.5 Å². The molecule has 5 heteroatoms. The average molecular weight is 274 g/mol. The van der Waals surface area contributed by atoms with E-state index in [0.29, 0.717) is 23.5 Å². The molecule has 3 atom stereocenters. The summed E-state index contributed by atoms with van der Waals surface area (Å²) in [5, 5.41) is 0. The van der Waals surface area contributed by atoms with Crippen LogP contribution in [0, 0.1) is 5.92 Å². The molecule has 0 amide bonds. The summed E-state index contributed by atoms with van der Waals surface area (Å²) < 4.78 is 23.3. The van der Waals surface area contributed by atoms with E-state index in [1.54, 1.807) is 0 Å². The largest absolute Gasteiger partial charge is 0.330 e. The molecule has 1 aliphatic heterocycles. The molecule has 0 aromatic heterocycles. The summed E-state index contributed by atoms with van der Waals surface area (Å²) in [7, 11) is -2.79. The van der Waals surface area contributed by atoms with Gasteiger partial charge in [-0.3, -0.25) is 4.90 Å². The number of nitrogens with zero attached hydrogens (tertiary/aromatic N) is 1. The highest BCUT2D eigenvalue weighted by Gasteiger charge is 2.37. The molecule has 0 bridgehead atoms. The lowest BCUT2D eigenvalue weighted by molar-refractivity contribution is 0.0797. The number of nitrogens with two attached hydrogens (primary N) is 1. The second-order valence-electron chi connectivity index (χ2n) is 5.73. The smallest absolute Gasteiger partial charge is 0.151 e. The van der Waals surface area contributed by atoms with Gasteiger partial charge in [0, 0.05) is 12.1 Å². The van der Waals surface area contributed by atoms with E-state index >= 15 is 0 Å². The Bertz CT molecular complexity index is 369. The van der Waals surface area contributed by atoms with Crippen molar-refractivity contribution in [2.45, 2.75) is 51.1 Å². The molecule has 1 saturated heterocycles. The maximum absolute atomic E-state index is 11.6. The van der Waals surface area contributed by atoms with Gasteiger partial charge in [-0.1, -0.05) is 19.8 Å². The molecule has 2 rings (SSSR count). The fraction of sp³-hybridized carbons (Fsp3) is 1.00. The predicted molar refractivity (Wildman–Crippen MR) is 74.2 cm³/mol. The zero-order valence-corrected chi connectivity index (χ0v) is 12.2. The zero-order valence-electron chi connectivity index (χ0n) is 11.3. The first-order valence-corrected chi connectivity index (χ1v) is 9.05. The standard InChI is InChI=1S/C13H26N2O2S/c1-2-15(12-7-8-18(16,17)10-12)13-6-4-3-5-11(13)9-14/h11-13H,2-10,14H2,1H3. The summed E-state index contributed by atoms with van der Waals surface area (Å²) in [4.78, 5) is 2.43. The third kappa shape index (κ3) is 3.06. The number of hydrogen-bond acceptors (Lipinski definition) is 4. The van der Waals surface area contributed by atoms with Gasteiger partial charge in [-0.25, -0.2) is 8.42 Å². The Hall–Kier alpha value is -0.130. The third-order valence-corrected chi connectivity index (χ3v) is 6.39. The maximum Gasteiger partial charge on any atom is 0.151 e. The lowest BCUT2D eigenvalue weighted by Crippen LogP contribution is -2.50. The molecule has 1 saturated carbocycles. The van der Waals surface area contributed by atoms with Crippen molar-refractivity contribution < 1.29 is 8.42 Å². The first-order chi connectivity index (χ1) is 8.57. The summed E-state index contributed by atoms with van der Waals surface area (Å²) >= 11 is 0. The zero-order chi connectivity index (χ0) is 13.2. The van der Waals surface area contributed by atoms with Gasteiger partial charge in [0.15, 0.2) is 9.84 Å². The van der Waals surface area contributed by atoms with E-state index in [1.165, 1.54) is 25.7 Å². The molecular weight excluding hydrogens is 248 g/mol. The molecule has 4 nitrogen and oxygen atoms in total. The maximum atomic E-state index is 11.6. The summed E-state index contributed by atoms with van der Waals surface area (Å²) in [6.07, 6.45) is 5.74. The molecule has 0 aromatic carbocycles. The van der Waals surface area contributed by atoms with E-state index in [-0.39, 0.29) is 6.04 Å². The summed E-state index contributed by atoms with van der Waals surface area (Å²) in [6.45, 7) is 3.83. The van der Waals surface area contributed by atoms with Crippen LogP contribution < -0.4 is 5.73 Å². The minimum atomic E-state index is -2.79. The van der Waals surface area contributed by atoms with E-state index in [4.69, 9.17) is 5.73 Å². The Balaban J connectivity index is 2.07. The van der Waals surface area contributed by atoms with Gasteiger partial charge in [0.2, 0.25) is 0 Å². The highest BCUT2D eigenvalue weighted by atomic mass is 32.2. The van der Waals surface area contributed by atoms with Gasteiger partial charge in [0.1, 0.15) is 0 Å². The van der Waals surface area contributed by atoms with Crippen molar-refractivity contribution >= 4 is 9.84 Å². The van der Waals surface area contributed by atoms with Gasteiger partial charge in [-0.15, -0.1) is 0 Å². The van der Waals surface area contributed by atoms with Crippen LogP contribution in [0.4, 0.5) is 0 Å². The van der Waals surface area contributed by atoms with Gasteiger partial charge in [-0.2, -0.15) is 0 Å². The molecule has 2 fully saturated rings. The van der Waals surface area contributed by atoms with Gasteiger partial charge >= 0.3 is 0 Å². The Kier molecular flexibility index (Phi) is 4.67. The van der Waals surface area contributed by atoms with Crippen LogP contribution in [0.3, 0.4) is 0 Å². The van der Waals surface area contributed by atoms with Crippen molar-refractivity contribution in [2.24, 2.45) is 11.7 Å². The second kappa shape index (κ2) is 5.88. The summed E-state index contributed by atoms with van der Waals surface area (Å²) in [5.74, 6) is 1.28. The van der Waals surface area contributed by atoms with E-state index in [1.807, 2.05) is 0 Å². The van der Waals surface area contributed by atoms with Crippen molar-refractivity contribution in [2.75, 3.05) is 24.6 Å². The monoisotopic (exact) mass is 274 g/mol. The van der Waals surface area contributed by atoms with Crippen molar-refractivity contribution in [1.29, 1.82) is 0 Å². The van der Waals surface area contributed by atoms with Gasteiger partial charge < -0.3 is 5.73 Å². The quantitative estimate of drug-likeness (QED) is 0.831. The predicted octanol–water partition coefficient (Wildman–Crippen LogP) is 1.01. The molecule has 18 heavy (non-hydrogen) atoms. The lowest BCUT2D eigenvalue weighted by Gasteiger charge is -2.42. The van der Waals surface area contributed by atoms with Gasteiger partial charge in [0.25, 0.3) is 0 Å². The molecule has 0 spiro atoms. The molecule has 3 unspecified atom stereocenters. The van der Waals surface area contributed by atoms with Crippen LogP contribution in [0.25, 0.3) is 0 Å². The number of sulfone groups is 1. The number of hydrogen-bond donors (Lipinski definition) is 1. The Morgan fingerprint density at radius 2 is 1.94 bits per heavy atom. The van der Waals surface area contributed by atoms with Crippen molar-refractivity contribution in [3.05, 3.63) is 0 Å². The molecule has 2 aliphatic rings. The fourth-order valence-corrected chi connectivity index (χ4v) is 5.44. The van der Waals surface area contributed by atoms with Crippen LogP contribution in [0.2, 0.25) is 0 Å². The summed E-state index contributed by atoms with van der Waals surface area (Å²) in [6, 6.07) is 0.740. The van der Waals surface area contributed by atoms with Crippen LogP contribution >= 0.6 is 0 Å². The minimum absolute atomic E-state index is 0.233. The highest BCUT2D eigenvalue weighted by Crippen LogP contribution is 2.31. The Morgan fingerprint density at radius 3 is 2.50 bits per heavy atom. The van der Waals surface area contributed by atoms with Crippen LogP contribution in [0.5, 0.6) is 0 Å². The molecule has 0 aromatic rings. The topological polar surface area (TPSA) is 63.4 Å². The highest BCUT2D eigenvalue weighted by molar-refractivity contribution is 7.91. The first kappa shape index (κ1) is 14.3. The van der Waals surface area contributed by atoms with Gasteiger partial charge in [-0.05, 0) is 38.3 Å².